The third-order valence-electron chi connectivity index (χ3n) is 3.66. The highest BCUT2D eigenvalue weighted by Gasteiger charge is 2.26. The molecule has 1 aliphatic heterocycles. The van der Waals surface area contributed by atoms with Crippen LogP contribution in [0, 0.1) is 0 Å². The van der Waals surface area contributed by atoms with Crippen LogP contribution in [0.25, 0.3) is 6.08 Å². The predicted octanol–water partition coefficient (Wildman–Crippen LogP) is 3.86. The molecule has 0 aliphatic carbocycles. The molecule has 0 saturated heterocycles. The number of benzene rings is 2. The zero-order chi connectivity index (χ0) is 15.5. The number of hydrogen-bond donors (Lipinski definition) is 0. The van der Waals surface area contributed by atoms with E-state index >= 15 is 0 Å². The summed E-state index contributed by atoms with van der Waals surface area (Å²) in [6.07, 6.45) is 3.84. The zero-order valence-corrected chi connectivity index (χ0v) is 12.8. The minimum absolute atomic E-state index is 0.167. The summed E-state index contributed by atoms with van der Waals surface area (Å²) in [6.45, 7) is 0. The van der Waals surface area contributed by atoms with Gasteiger partial charge in [-0.1, -0.05) is 30.3 Å². The summed E-state index contributed by atoms with van der Waals surface area (Å²) in [4.78, 5) is 0. The van der Waals surface area contributed by atoms with E-state index in [0.717, 1.165) is 11.1 Å². The highest BCUT2D eigenvalue weighted by molar-refractivity contribution is 5.74. The van der Waals surface area contributed by atoms with Crippen molar-refractivity contribution >= 4 is 6.08 Å². The Morgan fingerprint density at radius 2 is 1.64 bits per heavy atom. The Hall–Kier alpha value is -2.62. The lowest BCUT2D eigenvalue weighted by molar-refractivity contribution is 0.231. The van der Waals surface area contributed by atoms with Crippen molar-refractivity contribution in [1.82, 2.24) is 0 Å². The molecule has 0 amide bonds. The summed E-state index contributed by atoms with van der Waals surface area (Å²) < 4.78 is 22.4. The Kier molecular flexibility index (Phi) is 3.92. The van der Waals surface area contributed by atoms with Crippen LogP contribution in [0.5, 0.6) is 23.0 Å². The molecule has 0 N–H and O–H groups in total. The molecule has 1 atom stereocenters. The first-order valence-corrected chi connectivity index (χ1v) is 7.01. The SMILES string of the molecule is COc1cc(OC)c(OC)c2c1C=C[C@H](c1ccccc1)O2. The van der Waals surface area contributed by atoms with Crippen LogP contribution in [0.4, 0.5) is 0 Å². The Labute approximate surface area is 129 Å². The number of hydrogen-bond acceptors (Lipinski definition) is 4. The molecule has 0 bridgehead atoms. The molecule has 3 rings (SSSR count). The number of methoxy groups -OCH3 is 3. The fraction of sp³-hybridized carbons (Fsp3) is 0.222. The fourth-order valence-electron chi connectivity index (χ4n) is 2.57. The van der Waals surface area contributed by atoms with Crippen LogP contribution in [0.1, 0.15) is 17.2 Å². The monoisotopic (exact) mass is 298 g/mol. The lowest BCUT2D eigenvalue weighted by Gasteiger charge is -2.25. The van der Waals surface area contributed by atoms with Crippen molar-refractivity contribution in [1.29, 1.82) is 0 Å². The van der Waals surface area contributed by atoms with Crippen LogP contribution in [-0.4, -0.2) is 21.3 Å². The first-order valence-electron chi connectivity index (χ1n) is 7.01. The van der Waals surface area contributed by atoms with Gasteiger partial charge in [0.15, 0.2) is 11.5 Å². The van der Waals surface area contributed by atoms with E-state index in [1.165, 1.54) is 0 Å². The third-order valence-corrected chi connectivity index (χ3v) is 3.66. The summed E-state index contributed by atoms with van der Waals surface area (Å²) in [5.41, 5.74) is 1.93. The molecule has 114 valence electrons. The van der Waals surface area contributed by atoms with Gasteiger partial charge < -0.3 is 18.9 Å². The molecule has 22 heavy (non-hydrogen) atoms. The highest BCUT2D eigenvalue weighted by Crippen LogP contribution is 2.49. The second kappa shape index (κ2) is 6.02. The molecule has 1 aliphatic rings. The summed E-state index contributed by atoms with van der Waals surface area (Å²) in [5.74, 6) is 2.48. The molecule has 0 radical (unpaired) electrons. The van der Waals surface area contributed by atoms with E-state index in [-0.39, 0.29) is 6.10 Å². The van der Waals surface area contributed by atoms with Crippen LogP contribution >= 0.6 is 0 Å². The van der Waals surface area contributed by atoms with Gasteiger partial charge in [0.25, 0.3) is 0 Å². The zero-order valence-electron chi connectivity index (χ0n) is 12.8. The van der Waals surface area contributed by atoms with E-state index in [2.05, 4.69) is 0 Å². The Morgan fingerprint density at radius 1 is 0.909 bits per heavy atom. The summed E-state index contributed by atoms with van der Waals surface area (Å²) in [6, 6.07) is 11.8. The first kappa shape index (κ1) is 14.3. The molecule has 0 fully saturated rings. The van der Waals surface area contributed by atoms with Crippen molar-refractivity contribution in [3.63, 3.8) is 0 Å². The van der Waals surface area contributed by atoms with E-state index in [1.807, 2.05) is 42.5 Å². The van der Waals surface area contributed by atoms with Gasteiger partial charge >= 0.3 is 0 Å². The minimum atomic E-state index is -0.167. The molecule has 4 nitrogen and oxygen atoms in total. The second-order valence-electron chi connectivity index (χ2n) is 4.87. The van der Waals surface area contributed by atoms with Crippen molar-refractivity contribution in [2.45, 2.75) is 6.10 Å². The molecule has 0 spiro atoms. The summed E-state index contributed by atoms with van der Waals surface area (Å²) in [5, 5.41) is 0. The van der Waals surface area contributed by atoms with E-state index in [0.29, 0.717) is 23.0 Å². The van der Waals surface area contributed by atoms with Crippen LogP contribution in [0.15, 0.2) is 42.5 Å². The van der Waals surface area contributed by atoms with E-state index in [4.69, 9.17) is 18.9 Å². The van der Waals surface area contributed by atoms with Crippen LogP contribution in [0.2, 0.25) is 0 Å². The molecular formula is C18H18O4. The lowest BCUT2D eigenvalue weighted by atomic mass is 10.0. The van der Waals surface area contributed by atoms with Gasteiger partial charge in [-0.2, -0.15) is 0 Å². The van der Waals surface area contributed by atoms with Crippen LogP contribution < -0.4 is 18.9 Å². The standard InChI is InChI=1S/C18H18O4/c1-19-15-11-16(20-2)18(21-3)17-13(15)9-10-14(22-17)12-7-5-4-6-8-12/h4-11,14H,1-3H3/t14-/m1/s1. The minimum Gasteiger partial charge on any atom is -0.496 e. The average Bonchev–Trinajstić information content (AvgIpc) is 2.60. The third kappa shape index (κ3) is 2.37. The van der Waals surface area contributed by atoms with Gasteiger partial charge in [0, 0.05) is 6.07 Å². The van der Waals surface area contributed by atoms with Gasteiger partial charge in [-0.15, -0.1) is 0 Å². The van der Waals surface area contributed by atoms with E-state index in [9.17, 15) is 0 Å². The maximum atomic E-state index is 6.15. The van der Waals surface area contributed by atoms with Crippen LogP contribution in [0.3, 0.4) is 0 Å². The van der Waals surface area contributed by atoms with Gasteiger partial charge in [0.1, 0.15) is 11.9 Å². The second-order valence-corrected chi connectivity index (χ2v) is 4.87. The Bertz CT molecular complexity index is 692. The van der Waals surface area contributed by atoms with Crippen molar-refractivity contribution in [3.05, 3.63) is 53.6 Å². The van der Waals surface area contributed by atoms with Crippen molar-refractivity contribution in [2.24, 2.45) is 0 Å². The predicted molar refractivity (Wildman–Crippen MR) is 84.9 cm³/mol. The van der Waals surface area contributed by atoms with Gasteiger partial charge in [0.2, 0.25) is 5.75 Å². The molecule has 0 unspecified atom stereocenters. The maximum Gasteiger partial charge on any atom is 0.204 e. The number of fused-ring (bicyclic) bond motifs is 1. The average molecular weight is 298 g/mol. The molecular weight excluding hydrogens is 280 g/mol. The summed E-state index contributed by atoms with van der Waals surface area (Å²) in [7, 11) is 4.82. The largest absolute Gasteiger partial charge is 0.496 e. The van der Waals surface area contributed by atoms with Gasteiger partial charge in [-0.3, -0.25) is 0 Å². The number of ether oxygens (including phenoxy) is 4. The molecule has 2 aromatic rings. The van der Waals surface area contributed by atoms with Gasteiger partial charge in [-0.25, -0.2) is 0 Å². The highest BCUT2D eigenvalue weighted by atomic mass is 16.5. The first-order chi connectivity index (χ1) is 10.8. The molecule has 2 aromatic carbocycles. The van der Waals surface area contributed by atoms with E-state index in [1.54, 1.807) is 27.4 Å². The van der Waals surface area contributed by atoms with E-state index < -0.39 is 0 Å². The number of rotatable bonds is 4. The fourth-order valence-corrected chi connectivity index (χ4v) is 2.57. The molecule has 4 heteroatoms. The topological polar surface area (TPSA) is 36.9 Å². The van der Waals surface area contributed by atoms with Crippen molar-refractivity contribution < 1.29 is 18.9 Å². The van der Waals surface area contributed by atoms with Gasteiger partial charge in [0.05, 0.1) is 26.9 Å². The Balaban J connectivity index is 2.09. The van der Waals surface area contributed by atoms with Crippen molar-refractivity contribution in [2.75, 3.05) is 21.3 Å². The quantitative estimate of drug-likeness (QED) is 0.859. The molecule has 0 saturated carbocycles. The molecule has 0 aromatic heterocycles. The van der Waals surface area contributed by atoms with Crippen molar-refractivity contribution in [3.8, 4) is 23.0 Å². The molecule has 1 heterocycles. The lowest BCUT2D eigenvalue weighted by Crippen LogP contribution is -2.11. The smallest absolute Gasteiger partial charge is 0.204 e. The Morgan fingerprint density at radius 3 is 2.27 bits per heavy atom. The summed E-state index contributed by atoms with van der Waals surface area (Å²) >= 11 is 0. The van der Waals surface area contributed by atoms with Gasteiger partial charge in [-0.05, 0) is 17.7 Å². The van der Waals surface area contributed by atoms with Crippen LogP contribution in [-0.2, 0) is 0 Å². The maximum absolute atomic E-state index is 6.15. The normalized spacial score (nSPS) is 15.7.